The second kappa shape index (κ2) is 6.07. The van der Waals surface area contributed by atoms with Gasteiger partial charge in [-0.2, -0.15) is 0 Å². The number of sulfonamides is 1. The van der Waals surface area contributed by atoms with E-state index in [0.29, 0.717) is 17.7 Å². The smallest absolute Gasteiger partial charge is 0.337 e. The monoisotopic (exact) mass is 369 g/mol. The summed E-state index contributed by atoms with van der Waals surface area (Å²) in [5, 5.41) is -0.253. The van der Waals surface area contributed by atoms with Gasteiger partial charge in [-0.1, -0.05) is 11.6 Å². The molecule has 1 aliphatic heterocycles. The Hall–Kier alpha value is -2.12. The number of anilines is 1. The van der Waals surface area contributed by atoms with Crippen molar-refractivity contribution in [3.8, 4) is 0 Å². The molecule has 0 fully saturated rings. The van der Waals surface area contributed by atoms with Crippen molar-refractivity contribution in [2.75, 3.05) is 18.0 Å². The van der Waals surface area contributed by atoms with Gasteiger partial charge in [0.2, 0.25) is 0 Å². The van der Waals surface area contributed by atoms with E-state index in [0.717, 1.165) is 17.7 Å². The number of benzene rings is 2. The lowest BCUT2D eigenvalue weighted by atomic mass is 10.1. The molecule has 0 aliphatic carbocycles. The lowest BCUT2D eigenvalue weighted by Crippen LogP contribution is -2.29. The minimum absolute atomic E-state index is 0.0844. The molecule has 5 nitrogen and oxygen atoms in total. The maximum atomic E-state index is 13.3. The number of ether oxygens (including phenoxy) is 1. The Morgan fingerprint density at radius 3 is 2.67 bits per heavy atom. The zero-order chi connectivity index (χ0) is 17.5. The van der Waals surface area contributed by atoms with E-state index in [-0.39, 0.29) is 16.5 Å². The van der Waals surface area contributed by atoms with E-state index in [1.807, 2.05) is 0 Å². The Morgan fingerprint density at radius 1 is 1.25 bits per heavy atom. The summed E-state index contributed by atoms with van der Waals surface area (Å²) in [5.41, 5.74) is 1.58. The topological polar surface area (TPSA) is 63.7 Å². The number of nitrogens with zero attached hydrogens (tertiary/aromatic N) is 1. The van der Waals surface area contributed by atoms with Gasteiger partial charge >= 0.3 is 5.97 Å². The first-order valence-corrected chi connectivity index (χ1v) is 8.85. The van der Waals surface area contributed by atoms with Gasteiger partial charge in [-0.15, -0.1) is 0 Å². The molecule has 0 radical (unpaired) electrons. The van der Waals surface area contributed by atoms with Crippen LogP contribution in [0.15, 0.2) is 41.3 Å². The highest BCUT2D eigenvalue weighted by Crippen LogP contribution is 2.34. The normalized spacial score (nSPS) is 13.7. The first-order valence-electron chi connectivity index (χ1n) is 7.03. The number of halogens is 2. The minimum atomic E-state index is -3.86. The van der Waals surface area contributed by atoms with Crippen LogP contribution in [0, 0.1) is 5.82 Å². The highest BCUT2D eigenvalue weighted by Gasteiger charge is 2.31. The van der Waals surface area contributed by atoms with Crippen molar-refractivity contribution in [3.63, 3.8) is 0 Å². The van der Waals surface area contributed by atoms with Gasteiger partial charge in [-0.05, 0) is 48.4 Å². The van der Waals surface area contributed by atoms with E-state index < -0.39 is 21.8 Å². The number of carbonyl (C=O) groups excluding carboxylic acids is 1. The summed E-state index contributed by atoms with van der Waals surface area (Å²) in [6.45, 7) is 0.233. The average molecular weight is 370 g/mol. The predicted molar refractivity (Wildman–Crippen MR) is 87.4 cm³/mol. The van der Waals surface area contributed by atoms with E-state index in [2.05, 4.69) is 4.74 Å². The first-order chi connectivity index (χ1) is 11.3. The van der Waals surface area contributed by atoms with Crippen LogP contribution in [0.25, 0.3) is 0 Å². The van der Waals surface area contributed by atoms with Crippen molar-refractivity contribution >= 4 is 33.3 Å². The molecular weight excluding hydrogens is 357 g/mol. The molecule has 3 rings (SSSR count). The Bertz CT molecular complexity index is 930. The van der Waals surface area contributed by atoms with E-state index in [4.69, 9.17) is 11.6 Å². The number of rotatable bonds is 3. The molecule has 8 heteroatoms. The lowest BCUT2D eigenvalue weighted by molar-refractivity contribution is 0.0600. The molecule has 0 aromatic heterocycles. The summed E-state index contributed by atoms with van der Waals surface area (Å²) >= 11 is 5.69. The lowest BCUT2D eigenvalue weighted by Gasteiger charge is -2.20. The number of hydrogen-bond donors (Lipinski definition) is 0. The highest BCUT2D eigenvalue weighted by molar-refractivity contribution is 7.92. The summed E-state index contributed by atoms with van der Waals surface area (Å²) < 4.78 is 44.7. The largest absolute Gasteiger partial charge is 0.465 e. The van der Waals surface area contributed by atoms with Gasteiger partial charge in [0.05, 0.1) is 28.3 Å². The highest BCUT2D eigenvalue weighted by atomic mass is 35.5. The van der Waals surface area contributed by atoms with Gasteiger partial charge in [0.1, 0.15) is 5.82 Å². The van der Waals surface area contributed by atoms with Gasteiger partial charge in [-0.25, -0.2) is 17.6 Å². The summed E-state index contributed by atoms with van der Waals surface area (Å²) in [7, 11) is -2.58. The van der Waals surface area contributed by atoms with E-state index >= 15 is 0 Å². The van der Waals surface area contributed by atoms with E-state index in [9.17, 15) is 17.6 Å². The van der Waals surface area contributed by atoms with Crippen LogP contribution in [-0.4, -0.2) is 28.0 Å². The van der Waals surface area contributed by atoms with Crippen molar-refractivity contribution in [1.29, 1.82) is 0 Å². The molecule has 0 spiro atoms. The fraction of sp³-hybridized carbons (Fsp3) is 0.188. The van der Waals surface area contributed by atoms with E-state index in [1.54, 1.807) is 12.1 Å². The second-order valence-electron chi connectivity index (χ2n) is 5.24. The van der Waals surface area contributed by atoms with E-state index in [1.165, 1.54) is 23.5 Å². The van der Waals surface area contributed by atoms with Crippen LogP contribution in [0.2, 0.25) is 5.02 Å². The van der Waals surface area contributed by atoms with Crippen LogP contribution in [0.1, 0.15) is 15.9 Å². The van der Waals surface area contributed by atoms with Gasteiger partial charge in [-0.3, -0.25) is 4.31 Å². The van der Waals surface area contributed by atoms with Crippen LogP contribution in [0.3, 0.4) is 0 Å². The Kier molecular flexibility index (Phi) is 4.23. The third-order valence-corrected chi connectivity index (χ3v) is 5.93. The SMILES string of the molecule is COC(=O)c1ccc2c(c1)CCN2S(=O)(=O)c1ccc(F)c(Cl)c1. The summed E-state index contributed by atoms with van der Waals surface area (Å²) in [6, 6.07) is 7.98. The summed E-state index contributed by atoms with van der Waals surface area (Å²) in [6.07, 6.45) is 0.467. The fourth-order valence-electron chi connectivity index (χ4n) is 2.63. The van der Waals surface area contributed by atoms with Crippen LogP contribution in [-0.2, 0) is 21.2 Å². The van der Waals surface area contributed by atoms with Gasteiger partial charge in [0.15, 0.2) is 0 Å². The molecule has 126 valence electrons. The molecule has 0 bridgehead atoms. The van der Waals surface area contributed by atoms with Crippen LogP contribution < -0.4 is 4.31 Å². The Balaban J connectivity index is 2.01. The van der Waals surface area contributed by atoms with Gasteiger partial charge < -0.3 is 4.74 Å². The van der Waals surface area contributed by atoms with Crippen LogP contribution in [0.5, 0.6) is 0 Å². The summed E-state index contributed by atoms with van der Waals surface area (Å²) in [4.78, 5) is 11.5. The molecule has 1 aliphatic rings. The molecule has 2 aromatic rings. The molecule has 0 saturated heterocycles. The molecule has 0 amide bonds. The third kappa shape index (κ3) is 2.74. The van der Waals surface area contributed by atoms with Crippen molar-refractivity contribution < 1.29 is 22.3 Å². The van der Waals surface area contributed by atoms with Crippen LogP contribution in [0.4, 0.5) is 10.1 Å². The molecule has 2 aromatic carbocycles. The quantitative estimate of drug-likeness (QED) is 0.780. The standard InChI is InChI=1S/C16H13ClFNO4S/c1-23-16(20)11-2-5-15-10(8-11)6-7-19(15)24(21,22)12-3-4-14(18)13(17)9-12/h2-5,8-9H,6-7H2,1H3. The molecular formula is C16H13ClFNO4S. The number of methoxy groups -OCH3 is 1. The zero-order valence-electron chi connectivity index (χ0n) is 12.6. The molecule has 0 atom stereocenters. The van der Waals surface area contributed by atoms with Gasteiger partial charge in [0, 0.05) is 6.54 Å². The zero-order valence-corrected chi connectivity index (χ0v) is 14.2. The van der Waals surface area contributed by atoms with Crippen molar-refractivity contribution in [2.45, 2.75) is 11.3 Å². The maximum absolute atomic E-state index is 13.3. The van der Waals surface area contributed by atoms with Crippen molar-refractivity contribution in [3.05, 3.63) is 58.4 Å². The number of hydrogen-bond acceptors (Lipinski definition) is 4. The van der Waals surface area contributed by atoms with Crippen molar-refractivity contribution in [2.24, 2.45) is 0 Å². The number of esters is 1. The minimum Gasteiger partial charge on any atom is -0.465 e. The Labute approximate surface area is 143 Å². The maximum Gasteiger partial charge on any atom is 0.337 e. The van der Waals surface area contributed by atoms with Crippen LogP contribution >= 0.6 is 11.6 Å². The predicted octanol–water partition coefficient (Wildman–Crippen LogP) is 3.02. The number of carbonyl (C=O) groups is 1. The molecule has 0 unspecified atom stereocenters. The molecule has 24 heavy (non-hydrogen) atoms. The molecule has 0 N–H and O–H groups in total. The molecule has 0 saturated carbocycles. The Morgan fingerprint density at radius 2 is 2.00 bits per heavy atom. The number of fused-ring (bicyclic) bond motifs is 1. The average Bonchev–Trinajstić information content (AvgIpc) is 3.00. The van der Waals surface area contributed by atoms with Gasteiger partial charge in [0.25, 0.3) is 10.0 Å². The third-order valence-electron chi connectivity index (χ3n) is 3.83. The van der Waals surface area contributed by atoms with Crippen molar-refractivity contribution in [1.82, 2.24) is 0 Å². The fourth-order valence-corrected chi connectivity index (χ4v) is 4.41. The summed E-state index contributed by atoms with van der Waals surface area (Å²) in [5.74, 6) is -1.16. The first kappa shape index (κ1) is 16.7. The second-order valence-corrected chi connectivity index (χ2v) is 7.51. The molecule has 1 heterocycles.